The summed E-state index contributed by atoms with van der Waals surface area (Å²) >= 11 is 0. The van der Waals surface area contributed by atoms with E-state index in [1.165, 1.54) is 44.9 Å². The van der Waals surface area contributed by atoms with Crippen LogP contribution >= 0.6 is 0 Å². The molecule has 0 aromatic carbocycles. The summed E-state index contributed by atoms with van der Waals surface area (Å²) < 4.78 is 0. The predicted molar refractivity (Wildman–Crippen MR) is 127 cm³/mol. The standard InChI is InChI=1S/C28H45NO4/c1-27-15-13-23-21(10-8-19-17-20(30)12-14-28(19,23)2)22(27)11-9-18(27)5-3-7-25(31)29-16-4-6-24(29)26(32)33/h18-24,30H,3-17H2,1-2H3,(H,32,33)/t18-,19+,20+,21-,22-,23-,24?,27+,28-/m0/s1. The first kappa shape index (κ1) is 23.6. The zero-order valence-corrected chi connectivity index (χ0v) is 20.8. The fourth-order valence-electron chi connectivity index (χ4n) is 9.78. The summed E-state index contributed by atoms with van der Waals surface area (Å²) in [5, 5.41) is 19.6. The Bertz CT molecular complexity index is 769. The number of carbonyl (C=O) groups is 2. The Morgan fingerprint density at radius 1 is 0.939 bits per heavy atom. The normalized spacial score (nSPS) is 47.0. The third-order valence-electron chi connectivity index (χ3n) is 11.6. The van der Waals surface area contributed by atoms with E-state index in [2.05, 4.69) is 13.8 Å². The van der Waals surface area contributed by atoms with Crippen LogP contribution in [0.2, 0.25) is 0 Å². The molecule has 33 heavy (non-hydrogen) atoms. The van der Waals surface area contributed by atoms with Crippen molar-refractivity contribution in [2.75, 3.05) is 6.54 Å². The topological polar surface area (TPSA) is 77.8 Å². The van der Waals surface area contributed by atoms with Crippen LogP contribution in [0.1, 0.15) is 104 Å². The monoisotopic (exact) mass is 459 g/mol. The molecule has 9 atom stereocenters. The van der Waals surface area contributed by atoms with Crippen LogP contribution in [-0.2, 0) is 9.59 Å². The lowest BCUT2D eigenvalue weighted by molar-refractivity contribution is -0.148. The zero-order valence-electron chi connectivity index (χ0n) is 20.8. The maximum atomic E-state index is 12.7. The summed E-state index contributed by atoms with van der Waals surface area (Å²) in [5.41, 5.74) is 0.850. The summed E-state index contributed by atoms with van der Waals surface area (Å²) in [6.45, 7) is 5.73. The number of likely N-dealkylation sites (tertiary alicyclic amines) is 1. The Balaban J connectivity index is 1.19. The fourth-order valence-corrected chi connectivity index (χ4v) is 9.78. The van der Waals surface area contributed by atoms with Gasteiger partial charge in [0.05, 0.1) is 6.10 Å². The van der Waals surface area contributed by atoms with Gasteiger partial charge in [-0.1, -0.05) is 13.8 Å². The van der Waals surface area contributed by atoms with Gasteiger partial charge in [0, 0.05) is 13.0 Å². The van der Waals surface area contributed by atoms with Crippen molar-refractivity contribution in [3.63, 3.8) is 0 Å². The van der Waals surface area contributed by atoms with Gasteiger partial charge in [-0.2, -0.15) is 0 Å². The summed E-state index contributed by atoms with van der Waals surface area (Å²) in [7, 11) is 0. The van der Waals surface area contributed by atoms with Crippen molar-refractivity contribution < 1.29 is 19.8 Å². The molecule has 5 rings (SSSR count). The van der Waals surface area contributed by atoms with E-state index in [0.717, 1.165) is 55.8 Å². The number of carboxylic acid groups (broad SMARTS) is 1. The molecule has 1 heterocycles. The first-order valence-corrected chi connectivity index (χ1v) is 13.9. The first-order chi connectivity index (χ1) is 15.7. The SMILES string of the molecule is C[C@]12CC[C@@H](O)C[C@H]1CC[C@@H]1[C@@H]2CC[C@]2(C)[C@@H](CCCC(=O)N3CCCC3C(=O)O)CC[C@@H]12. The van der Waals surface area contributed by atoms with Crippen molar-refractivity contribution in [2.45, 2.75) is 116 Å². The van der Waals surface area contributed by atoms with Gasteiger partial charge in [0.1, 0.15) is 6.04 Å². The lowest BCUT2D eigenvalue weighted by Gasteiger charge is -2.61. The molecule has 0 aromatic heterocycles. The van der Waals surface area contributed by atoms with Gasteiger partial charge >= 0.3 is 5.97 Å². The molecule has 0 aromatic rings. The molecule has 0 bridgehead atoms. The van der Waals surface area contributed by atoms with Gasteiger partial charge in [-0.05, 0) is 124 Å². The summed E-state index contributed by atoms with van der Waals surface area (Å²) in [5.74, 6) is 3.16. The average molecular weight is 460 g/mol. The number of nitrogens with zero attached hydrogens (tertiary/aromatic N) is 1. The van der Waals surface area contributed by atoms with Gasteiger partial charge in [-0.3, -0.25) is 4.79 Å². The van der Waals surface area contributed by atoms with E-state index in [0.29, 0.717) is 36.1 Å². The van der Waals surface area contributed by atoms with E-state index in [4.69, 9.17) is 0 Å². The van der Waals surface area contributed by atoms with Gasteiger partial charge in [-0.15, -0.1) is 0 Å². The van der Waals surface area contributed by atoms with Crippen LogP contribution in [0.5, 0.6) is 0 Å². The lowest BCUT2D eigenvalue weighted by Crippen LogP contribution is -2.53. The van der Waals surface area contributed by atoms with Crippen molar-refractivity contribution >= 4 is 11.9 Å². The smallest absolute Gasteiger partial charge is 0.326 e. The van der Waals surface area contributed by atoms with Gasteiger partial charge in [-0.25, -0.2) is 4.79 Å². The highest BCUT2D eigenvalue weighted by molar-refractivity contribution is 5.84. The number of hydrogen-bond acceptors (Lipinski definition) is 3. The predicted octanol–water partition coefficient (Wildman–Crippen LogP) is 5.25. The van der Waals surface area contributed by atoms with Crippen molar-refractivity contribution in [1.82, 2.24) is 4.90 Å². The molecule has 5 nitrogen and oxygen atoms in total. The van der Waals surface area contributed by atoms with Crippen molar-refractivity contribution in [3.05, 3.63) is 0 Å². The molecule has 1 unspecified atom stereocenters. The number of rotatable bonds is 5. The number of carboxylic acids is 1. The molecule has 0 spiro atoms. The number of carbonyl (C=O) groups excluding carboxylic acids is 1. The van der Waals surface area contributed by atoms with Gasteiger partial charge < -0.3 is 15.1 Å². The van der Waals surface area contributed by atoms with E-state index < -0.39 is 12.0 Å². The molecule has 1 amide bonds. The fraction of sp³-hybridized carbons (Fsp3) is 0.929. The molecular formula is C28H45NO4. The third-order valence-corrected chi connectivity index (χ3v) is 11.6. The number of aliphatic carboxylic acids is 1. The quantitative estimate of drug-likeness (QED) is 0.588. The minimum Gasteiger partial charge on any atom is -0.480 e. The van der Waals surface area contributed by atoms with Gasteiger partial charge in [0.25, 0.3) is 0 Å². The van der Waals surface area contributed by atoms with Crippen molar-refractivity contribution in [1.29, 1.82) is 0 Å². The molecule has 4 saturated carbocycles. The Labute approximate surface area is 199 Å². The van der Waals surface area contributed by atoms with Gasteiger partial charge in [0.2, 0.25) is 5.91 Å². The molecule has 2 N–H and O–H groups in total. The van der Waals surface area contributed by atoms with Crippen LogP contribution < -0.4 is 0 Å². The minimum atomic E-state index is -0.848. The highest BCUT2D eigenvalue weighted by Crippen LogP contribution is 2.67. The van der Waals surface area contributed by atoms with Crippen molar-refractivity contribution in [3.8, 4) is 0 Å². The maximum absolute atomic E-state index is 12.7. The van der Waals surface area contributed by atoms with Crippen LogP contribution in [0.4, 0.5) is 0 Å². The number of fused-ring (bicyclic) bond motifs is 5. The van der Waals surface area contributed by atoms with E-state index in [-0.39, 0.29) is 12.0 Å². The van der Waals surface area contributed by atoms with Gasteiger partial charge in [0.15, 0.2) is 0 Å². The molecule has 4 aliphatic carbocycles. The first-order valence-electron chi connectivity index (χ1n) is 13.9. The molecule has 5 heteroatoms. The molecule has 1 aliphatic heterocycles. The number of hydrogen-bond donors (Lipinski definition) is 2. The van der Waals surface area contributed by atoms with Crippen LogP contribution in [0.15, 0.2) is 0 Å². The summed E-state index contributed by atoms with van der Waals surface area (Å²) in [4.78, 5) is 25.8. The second-order valence-corrected chi connectivity index (χ2v) is 12.9. The summed E-state index contributed by atoms with van der Waals surface area (Å²) in [6.07, 6.45) is 15.1. The Hall–Kier alpha value is -1.10. The summed E-state index contributed by atoms with van der Waals surface area (Å²) in [6, 6.07) is -0.599. The highest BCUT2D eigenvalue weighted by Gasteiger charge is 2.59. The zero-order chi connectivity index (χ0) is 23.4. The molecular weight excluding hydrogens is 414 g/mol. The number of aliphatic hydroxyl groups excluding tert-OH is 1. The van der Waals surface area contributed by atoms with Crippen LogP contribution in [0, 0.1) is 40.4 Å². The number of aliphatic hydroxyl groups is 1. The second kappa shape index (κ2) is 8.84. The molecule has 1 saturated heterocycles. The van der Waals surface area contributed by atoms with E-state index in [1.807, 2.05) is 0 Å². The molecule has 186 valence electrons. The molecule has 5 fully saturated rings. The Morgan fingerprint density at radius 3 is 2.48 bits per heavy atom. The van der Waals surface area contributed by atoms with Crippen LogP contribution in [0.25, 0.3) is 0 Å². The van der Waals surface area contributed by atoms with E-state index in [9.17, 15) is 19.8 Å². The minimum absolute atomic E-state index is 0.0500. The lowest BCUT2D eigenvalue weighted by atomic mass is 9.44. The number of amides is 1. The molecule has 5 aliphatic rings. The van der Waals surface area contributed by atoms with Crippen LogP contribution in [0.3, 0.4) is 0 Å². The van der Waals surface area contributed by atoms with E-state index >= 15 is 0 Å². The maximum Gasteiger partial charge on any atom is 0.326 e. The Kier molecular flexibility index (Phi) is 6.33. The largest absolute Gasteiger partial charge is 0.480 e. The average Bonchev–Trinajstić information content (AvgIpc) is 3.39. The third kappa shape index (κ3) is 3.94. The van der Waals surface area contributed by atoms with Crippen LogP contribution in [-0.4, -0.2) is 45.7 Å². The molecule has 0 radical (unpaired) electrons. The second-order valence-electron chi connectivity index (χ2n) is 12.9. The van der Waals surface area contributed by atoms with Crippen molar-refractivity contribution in [2.24, 2.45) is 40.4 Å². The highest BCUT2D eigenvalue weighted by atomic mass is 16.4. The Morgan fingerprint density at radius 2 is 1.70 bits per heavy atom. The van der Waals surface area contributed by atoms with E-state index in [1.54, 1.807) is 4.90 Å².